The Morgan fingerprint density at radius 2 is 1.22 bits per heavy atom. The predicted molar refractivity (Wildman–Crippen MR) is 223 cm³/mol. The summed E-state index contributed by atoms with van der Waals surface area (Å²) in [5.74, 6) is 1.39. The van der Waals surface area contributed by atoms with E-state index in [0.29, 0.717) is 67.2 Å². The molecule has 55 heavy (non-hydrogen) atoms. The highest BCUT2D eigenvalue weighted by molar-refractivity contribution is 6.03. The molecule has 0 fully saturated rings. The topological polar surface area (TPSA) is 142 Å². The van der Waals surface area contributed by atoms with Gasteiger partial charge in [-0.15, -0.1) is 0 Å². The van der Waals surface area contributed by atoms with Crippen LogP contribution < -0.4 is 20.1 Å². The van der Waals surface area contributed by atoms with Crippen LogP contribution in [0.15, 0.2) is 94.4 Å². The van der Waals surface area contributed by atoms with Gasteiger partial charge in [-0.3, -0.25) is 19.6 Å². The van der Waals surface area contributed by atoms with Crippen LogP contribution in [0.1, 0.15) is 73.4 Å². The number of anilines is 2. The van der Waals surface area contributed by atoms with Crippen molar-refractivity contribution in [1.29, 1.82) is 0 Å². The van der Waals surface area contributed by atoms with Gasteiger partial charge >= 0.3 is 0 Å². The summed E-state index contributed by atoms with van der Waals surface area (Å²) in [6.07, 6.45) is 6.83. The summed E-state index contributed by atoms with van der Waals surface area (Å²) in [6, 6.07) is 21.8. The molecule has 10 nitrogen and oxygen atoms in total. The van der Waals surface area contributed by atoms with Crippen LogP contribution >= 0.6 is 0 Å². The van der Waals surface area contributed by atoms with Crippen LogP contribution in [0, 0.1) is 33.1 Å². The predicted octanol–water partition coefficient (Wildman–Crippen LogP) is 9.05. The summed E-state index contributed by atoms with van der Waals surface area (Å²) < 4.78 is 11.9. The molecule has 4 N–H and O–H groups in total. The first-order valence-electron chi connectivity index (χ1n) is 18.6. The third-order valence-corrected chi connectivity index (χ3v) is 9.08. The maximum Gasteiger partial charge on any atom is 0.250 e. The third-order valence-electron chi connectivity index (χ3n) is 9.08. The monoisotopic (exact) mass is 746 g/mol. The zero-order valence-electron chi connectivity index (χ0n) is 33.0. The van der Waals surface area contributed by atoms with E-state index in [0.717, 1.165) is 40.2 Å². The Hall–Kier alpha value is -5.90. The Kier molecular flexibility index (Phi) is 15.2. The lowest BCUT2D eigenvalue weighted by Crippen LogP contribution is -2.31. The fourth-order valence-corrected chi connectivity index (χ4v) is 5.51. The summed E-state index contributed by atoms with van der Waals surface area (Å²) in [6.45, 7) is 15.2. The van der Waals surface area contributed by atoms with Gasteiger partial charge in [0, 0.05) is 52.3 Å². The number of nitrogens with zero attached hydrogens (tertiary/aromatic N) is 2. The van der Waals surface area contributed by atoms with Gasteiger partial charge in [-0.1, -0.05) is 44.2 Å². The Balaban J connectivity index is 1.22. The molecule has 0 saturated heterocycles. The molecule has 0 spiro atoms. The molecule has 4 rings (SSSR count). The van der Waals surface area contributed by atoms with Crippen molar-refractivity contribution in [3.05, 3.63) is 118 Å². The standard InChI is InChI=1S/C45H54N4O6/c1-30-11-13-32(3)41(24-30)54-22-8-10-34(5)43(52)48-37-15-17-39(50)35(26-37)28-46-20-21-47-29-36-27-38(16-18-40(36)51)49-44(53)45(6,7)19-9-23-55-42-25-31(2)12-14-33(42)4/h10-18,24-29,50-51H,8-9,19-23H2,1-7H3,(H,48,52)(H,49,53)/b34-10+,46-28+,47-29+. The molecule has 0 aromatic heterocycles. The summed E-state index contributed by atoms with van der Waals surface area (Å²) >= 11 is 0. The molecule has 0 aliphatic carbocycles. The zero-order chi connectivity index (χ0) is 40.0. The van der Waals surface area contributed by atoms with Gasteiger partial charge in [0.2, 0.25) is 5.91 Å². The Morgan fingerprint density at radius 1 is 0.709 bits per heavy atom. The number of benzene rings is 4. The molecule has 2 amide bonds. The smallest absolute Gasteiger partial charge is 0.250 e. The van der Waals surface area contributed by atoms with E-state index in [1.807, 2.05) is 78.0 Å². The number of carbonyl (C=O) groups is 2. The Labute approximate surface area is 325 Å². The van der Waals surface area contributed by atoms with Crippen molar-refractivity contribution >= 4 is 35.6 Å². The molecular formula is C45H54N4O6. The lowest BCUT2D eigenvalue weighted by Gasteiger charge is -2.24. The quantitative estimate of drug-likeness (QED) is 0.0347. The van der Waals surface area contributed by atoms with Crippen molar-refractivity contribution in [3.63, 3.8) is 0 Å². The number of aryl methyl sites for hydroxylation is 4. The van der Waals surface area contributed by atoms with Crippen LogP contribution in [0.2, 0.25) is 0 Å². The summed E-state index contributed by atoms with van der Waals surface area (Å²) in [7, 11) is 0. The van der Waals surface area contributed by atoms with E-state index in [9.17, 15) is 19.8 Å². The molecule has 0 aliphatic rings. The normalized spacial score (nSPS) is 11.9. The van der Waals surface area contributed by atoms with E-state index in [2.05, 4.69) is 26.7 Å². The molecular weight excluding hydrogens is 693 g/mol. The number of hydrogen-bond acceptors (Lipinski definition) is 8. The third kappa shape index (κ3) is 13.2. The van der Waals surface area contributed by atoms with Crippen LogP contribution in [0.4, 0.5) is 11.4 Å². The first-order valence-corrected chi connectivity index (χ1v) is 18.6. The van der Waals surface area contributed by atoms with Gasteiger partial charge in [-0.25, -0.2) is 0 Å². The second-order valence-electron chi connectivity index (χ2n) is 14.4. The Morgan fingerprint density at radius 3 is 1.76 bits per heavy atom. The fraction of sp³-hybridized carbons (Fsp3) is 0.333. The summed E-state index contributed by atoms with van der Waals surface area (Å²) in [5.41, 5.74) is 6.32. The number of nitrogens with one attached hydrogen (secondary N) is 2. The van der Waals surface area contributed by atoms with Crippen LogP contribution in [0.5, 0.6) is 23.0 Å². The molecule has 0 atom stereocenters. The van der Waals surface area contributed by atoms with Gasteiger partial charge in [0.1, 0.15) is 23.0 Å². The minimum atomic E-state index is -0.637. The van der Waals surface area contributed by atoms with Crippen molar-refractivity contribution in [3.8, 4) is 23.0 Å². The minimum Gasteiger partial charge on any atom is -0.507 e. The summed E-state index contributed by atoms with van der Waals surface area (Å²) in [4.78, 5) is 34.7. The molecule has 0 aliphatic heterocycles. The minimum absolute atomic E-state index is 0.0266. The van der Waals surface area contributed by atoms with Gasteiger partial charge in [0.25, 0.3) is 5.91 Å². The van der Waals surface area contributed by atoms with Crippen LogP contribution in [0.25, 0.3) is 0 Å². The number of phenols is 2. The van der Waals surface area contributed by atoms with E-state index in [1.165, 1.54) is 24.6 Å². The SMILES string of the molecule is C/C(=C\CCOc1cc(C)ccc1C)C(=O)Nc1ccc(O)c(/C=N/CC/N=C/c2cc(NC(=O)C(C)(C)CCCOc3cc(C)ccc3C)ccc2O)c1. The molecule has 0 saturated carbocycles. The number of phenolic OH excluding ortho intramolecular Hbond substituents is 2. The van der Waals surface area contributed by atoms with Gasteiger partial charge < -0.3 is 30.3 Å². The van der Waals surface area contributed by atoms with E-state index < -0.39 is 5.41 Å². The molecule has 290 valence electrons. The lowest BCUT2D eigenvalue weighted by atomic mass is 9.87. The molecule has 4 aromatic rings. The Bertz CT molecular complexity index is 2050. The average Bonchev–Trinajstić information content (AvgIpc) is 3.14. The van der Waals surface area contributed by atoms with Crippen molar-refractivity contribution in [2.45, 2.75) is 67.7 Å². The van der Waals surface area contributed by atoms with Crippen LogP contribution in [0.3, 0.4) is 0 Å². The highest BCUT2D eigenvalue weighted by atomic mass is 16.5. The lowest BCUT2D eigenvalue weighted by molar-refractivity contribution is -0.124. The van der Waals surface area contributed by atoms with Crippen molar-refractivity contribution < 1.29 is 29.3 Å². The molecule has 0 bridgehead atoms. The van der Waals surface area contributed by atoms with Crippen molar-refractivity contribution in [2.75, 3.05) is 36.9 Å². The number of ether oxygens (including phenoxy) is 2. The highest BCUT2D eigenvalue weighted by Crippen LogP contribution is 2.28. The second-order valence-corrected chi connectivity index (χ2v) is 14.4. The van der Waals surface area contributed by atoms with Gasteiger partial charge in [-0.2, -0.15) is 0 Å². The number of amides is 2. The van der Waals surface area contributed by atoms with Crippen LogP contribution in [-0.4, -0.2) is 60.8 Å². The number of aromatic hydroxyl groups is 2. The number of aliphatic imine (C=N–C) groups is 2. The van der Waals surface area contributed by atoms with Crippen LogP contribution in [-0.2, 0) is 9.59 Å². The average molecular weight is 747 g/mol. The van der Waals surface area contributed by atoms with E-state index in [1.54, 1.807) is 31.2 Å². The van der Waals surface area contributed by atoms with E-state index in [-0.39, 0.29) is 23.3 Å². The molecule has 0 radical (unpaired) electrons. The maximum atomic E-state index is 13.2. The molecule has 0 unspecified atom stereocenters. The largest absolute Gasteiger partial charge is 0.507 e. The van der Waals surface area contributed by atoms with E-state index in [4.69, 9.17) is 9.47 Å². The summed E-state index contributed by atoms with van der Waals surface area (Å²) in [5, 5.41) is 26.6. The highest BCUT2D eigenvalue weighted by Gasteiger charge is 2.27. The van der Waals surface area contributed by atoms with Gasteiger partial charge in [0.05, 0.1) is 26.3 Å². The fourth-order valence-electron chi connectivity index (χ4n) is 5.51. The molecule has 10 heteroatoms. The maximum absolute atomic E-state index is 13.2. The van der Waals surface area contributed by atoms with Crippen molar-refractivity contribution in [1.82, 2.24) is 0 Å². The number of rotatable bonds is 18. The first kappa shape index (κ1) is 41.9. The van der Waals surface area contributed by atoms with Crippen molar-refractivity contribution in [2.24, 2.45) is 15.4 Å². The van der Waals surface area contributed by atoms with Gasteiger partial charge in [0.15, 0.2) is 0 Å². The number of hydrogen-bond donors (Lipinski definition) is 4. The zero-order valence-corrected chi connectivity index (χ0v) is 33.0. The second kappa shape index (κ2) is 20.0. The van der Waals surface area contributed by atoms with E-state index >= 15 is 0 Å². The number of carbonyl (C=O) groups excluding carboxylic acids is 2. The van der Waals surface area contributed by atoms with Gasteiger partial charge in [-0.05, 0) is 118 Å². The molecule has 4 aromatic carbocycles. The first-order chi connectivity index (χ1) is 26.2. The molecule has 0 heterocycles.